The monoisotopic (exact) mass is 259 g/mol. The lowest BCUT2D eigenvalue weighted by Crippen LogP contribution is -2.46. The molecule has 19 heavy (non-hydrogen) atoms. The summed E-state index contributed by atoms with van der Waals surface area (Å²) in [4.78, 5) is 28.2. The topological polar surface area (TPSA) is 82.7 Å². The molecule has 0 saturated carbocycles. The number of anilines is 1. The van der Waals surface area contributed by atoms with Crippen molar-refractivity contribution in [1.82, 2.24) is 9.13 Å². The summed E-state index contributed by atoms with van der Waals surface area (Å²) in [6.45, 7) is 0. The molecule has 7 nitrogen and oxygen atoms in total. The van der Waals surface area contributed by atoms with Crippen molar-refractivity contribution < 1.29 is 0 Å². The molecule has 3 rings (SSSR count). The van der Waals surface area contributed by atoms with Gasteiger partial charge in [-0.2, -0.15) is 0 Å². The second-order valence-corrected chi connectivity index (χ2v) is 4.43. The summed E-state index contributed by atoms with van der Waals surface area (Å²) in [5.41, 5.74) is -0.708. The van der Waals surface area contributed by atoms with E-state index in [0.29, 0.717) is 10.8 Å². The van der Waals surface area contributed by atoms with Gasteiger partial charge in [-0.25, -0.2) is 9.79 Å². The van der Waals surface area contributed by atoms with Crippen LogP contribution in [0.25, 0.3) is 0 Å². The molecule has 0 spiro atoms. The Hall–Kier alpha value is -2.41. The summed E-state index contributed by atoms with van der Waals surface area (Å²) in [5, 5.41) is 12.9. The van der Waals surface area contributed by atoms with Crippen LogP contribution in [0.2, 0.25) is 0 Å². The smallest absolute Gasteiger partial charge is 0.332 e. The van der Waals surface area contributed by atoms with E-state index < -0.39 is 17.3 Å². The number of aliphatic imine (C=N–C) groups is 1. The van der Waals surface area contributed by atoms with Crippen LogP contribution >= 0.6 is 0 Å². The Balaban J connectivity index is 2.40. The number of nitrogens with zero attached hydrogens (tertiary/aromatic N) is 4. The normalized spacial score (nSPS) is 20.1. The first-order chi connectivity index (χ1) is 9.02. The zero-order valence-corrected chi connectivity index (χ0v) is 10.4. The Bertz CT molecular complexity index is 766. The highest BCUT2D eigenvalue weighted by molar-refractivity contribution is 6.07. The highest BCUT2D eigenvalue weighted by Gasteiger charge is 2.27. The maximum absolute atomic E-state index is 12.3. The van der Waals surface area contributed by atoms with Crippen LogP contribution in [-0.4, -0.2) is 20.9 Å². The molecule has 7 heteroatoms. The molecule has 0 radical (unpaired) electrons. The maximum Gasteiger partial charge on any atom is 0.332 e. The van der Waals surface area contributed by atoms with E-state index in [1.807, 2.05) is 0 Å². The second kappa shape index (κ2) is 3.79. The largest absolute Gasteiger partial charge is 0.757 e. The molecule has 2 aliphatic rings. The predicted molar refractivity (Wildman–Crippen MR) is 71.9 cm³/mol. The second-order valence-electron chi connectivity index (χ2n) is 4.43. The van der Waals surface area contributed by atoms with E-state index in [9.17, 15) is 14.8 Å². The average molecular weight is 259 g/mol. The fourth-order valence-electron chi connectivity index (χ4n) is 2.22. The van der Waals surface area contributed by atoms with E-state index in [0.717, 1.165) is 4.57 Å². The van der Waals surface area contributed by atoms with Crippen LogP contribution in [0.3, 0.4) is 0 Å². The van der Waals surface area contributed by atoms with Gasteiger partial charge in [0.25, 0.3) is 5.56 Å². The van der Waals surface area contributed by atoms with E-state index in [2.05, 4.69) is 4.99 Å². The van der Waals surface area contributed by atoms with Gasteiger partial charge < -0.3 is 10.3 Å². The Morgan fingerprint density at radius 2 is 1.95 bits per heavy atom. The first-order valence-electron chi connectivity index (χ1n) is 5.72. The molecule has 2 heterocycles. The molecule has 0 bridgehead atoms. The fraction of sp³-hybridized carbons (Fsp3) is 0.250. The minimum absolute atomic E-state index is 0.0988. The van der Waals surface area contributed by atoms with Crippen LogP contribution in [0.15, 0.2) is 38.9 Å². The number of rotatable bonds is 0. The number of hydroxylamine groups is 1. The first kappa shape index (κ1) is 11.7. The molecule has 0 saturated heterocycles. The van der Waals surface area contributed by atoms with Crippen molar-refractivity contribution in [2.24, 2.45) is 19.1 Å². The fourth-order valence-corrected chi connectivity index (χ4v) is 2.22. The molecule has 0 N–H and O–H groups in total. The van der Waals surface area contributed by atoms with Gasteiger partial charge in [0.15, 0.2) is 5.82 Å². The first-order valence-corrected chi connectivity index (χ1v) is 5.72. The molecule has 0 fully saturated rings. The average Bonchev–Trinajstić information content (AvgIpc) is 2.43. The van der Waals surface area contributed by atoms with Crippen molar-refractivity contribution in [1.29, 1.82) is 0 Å². The van der Waals surface area contributed by atoms with E-state index in [4.69, 9.17) is 0 Å². The van der Waals surface area contributed by atoms with Gasteiger partial charge in [-0.15, -0.1) is 0 Å². The number of allylic oxidation sites excluding steroid dienone is 2. The Morgan fingerprint density at radius 3 is 2.68 bits per heavy atom. The van der Waals surface area contributed by atoms with Crippen LogP contribution in [0.1, 0.15) is 0 Å². The third kappa shape index (κ3) is 1.45. The third-order valence-electron chi connectivity index (χ3n) is 3.29. The molecule has 98 valence electrons. The minimum atomic E-state index is -0.626. The lowest BCUT2D eigenvalue weighted by molar-refractivity contribution is 0.680. The van der Waals surface area contributed by atoms with Gasteiger partial charge in [-0.1, -0.05) is 18.2 Å². The van der Waals surface area contributed by atoms with Crippen LogP contribution in [0, 0.1) is 5.21 Å². The van der Waals surface area contributed by atoms with Crippen molar-refractivity contribution in [3.63, 3.8) is 0 Å². The molecular formula is C12H11N4O3-. The molecule has 0 amide bonds. The summed E-state index contributed by atoms with van der Waals surface area (Å²) in [5.74, 6) is 0.106. The van der Waals surface area contributed by atoms with Crippen molar-refractivity contribution >= 4 is 17.2 Å². The van der Waals surface area contributed by atoms with Gasteiger partial charge in [-0.05, 0) is 6.08 Å². The molecule has 0 aromatic carbocycles. The van der Waals surface area contributed by atoms with Crippen molar-refractivity contribution in [2.45, 2.75) is 6.04 Å². The van der Waals surface area contributed by atoms with Gasteiger partial charge >= 0.3 is 5.69 Å². The van der Waals surface area contributed by atoms with E-state index in [1.165, 1.54) is 18.7 Å². The van der Waals surface area contributed by atoms with Crippen LogP contribution in [0.4, 0.5) is 11.5 Å². The molecule has 1 aromatic rings. The van der Waals surface area contributed by atoms with E-state index in [1.54, 1.807) is 24.3 Å². The summed E-state index contributed by atoms with van der Waals surface area (Å²) < 4.78 is 2.11. The molecule has 1 unspecified atom stereocenters. The van der Waals surface area contributed by atoms with Gasteiger partial charge in [0.2, 0.25) is 0 Å². The number of aromatic nitrogens is 2. The Kier molecular flexibility index (Phi) is 2.33. The number of hydrogen-bond acceptors (Lipinski definition) is 5. The highest BCUT2D eigenvalue weighted by Crippen LogP contribution is 2.31. The molecule has 1 aliphatic heterocycles. The molecule has 1 aliphatic carbocycles. The summed E-state index contributed by atoms with van der Waals surface area (Å²) in [6.07, 6.45) is 6.85. The summed E-state index contributed by atoms with van der Waals surface area (Å²) >= 11 is 0. The standard InChI is InChI=1S/C12H11N4O3/c1-14-10-9(11(17)15(2)12(14)18)16(19)8-6-4-3-5-7(8)13-10/h3-6,8H,1-2H3/q-1. The zero-order valence-electron chi connectivity index (χ0n) is 10.4. The Labute approximate surface area is 108 Å². The lowest BCUT2D eigenvalue weighted by Gasteiger charge is -2.41. The predicted octanol–water partition coefficient (Wildman–Crippen LogP) is -0.0311. The number of fused-ring (bicyclic) bond motifs is 2. The number of hydrogen-bond donors (Lipinski definition) is 0. The van der Waals surface area contributed by atoms with Crippen LogP contribution < -0.4 is 16.3 Å². The third-order valence-corrected chi connectivity index (χ3v) is 3.29. The van der Waals surface area contributed by atoms with Crippen LogP contribution in [0.5, 0.6) is 0 Å². The van der Waals surface area contributed by atoms with Crippen LogP contribution in [-0.2, 0) is 14.1 Å². The quantitative estimate of drug-likeness (QED) is 0.655. The van der Waals surface area contributed by atoms with Crippen molar-refractivity contribution in [3.05, 3.63) is 50.3 Å². The van der Waals surface area contributed by atoms with E-state index in [-0.39, 0.29) is 11.5 Å². The molecule has 1 aromatic heterocycles. The van der Waals surface area contributed by atoms with Gasteiger partial charge in [-0.3, -0.25) is 13.9 Å². The summed E-state index contributed by atoms with van der Waals surface area (Å²) in [6, 6.07) is -0.609. The zero-order chi connectivity index (χ0) is 13.7. The highest BCUT2D eigenvalue weighted by atomic mass is 16.5. The van der Waals surface area contributed by atoms with Crippen molar-refractivity contribution in [3.8, 4) is 0 Å². The Morgan fingerprint density at radius 1 is 1.21 bits per heavy atom. The molecule has 1 atom stereocenters. The van der Waals surface area contributed by atoms with Gasteiger partial charge in [0, 0.05) is 14.1 Å². The van der Waals surface area contributed by atoms with E-state index >= 15 is 0 Å². The minimum Gasteiger partial charge on any atom is -0.757 e. The van der Waals surface area contributed by atoms with Crippen molar-refractivity contribution in [2.75, 3.05) is 5.06 Å². The summed E-state index contributed by atoms with van der Waals surface area (Å²) in [7, 11) is 2.83. The molecular weight excluding hydrogens is 248 g/mol. The SMILES string of the molecule is Cn1c2c(c(=O)n(C)c1=O)N([O-])C1C=CC=CC1=N2. The van der Waals surface area contributed by atoms with Gasteiger partial charge in [0.1, 0.15) is 5.69 Å². The maximum atomic E-state index is 12.3. The lowest BCUT2D eigenvalue weighted by atomic mass is 10.0. The van der Waals surface area contributed by atoms with Gasteiger partial charge in [0.05, 0.1) is 11.8 Å².